The normalized spacial score (nSPS) is 10.7. The van der Waals surface area contributed by atoms with Crippen LogP contribution in [0.4, 0.5) is 0 Å². The molecule has 20 heavy (non-hydrogen) atoms. The molecule has 0 bridgehead atoms. The highest BCUT2D eigenvalue weighted by Crippen LogP contribution is 2.35. The Morgan fingerprint density at radius 1 is 0.900 bits per heavy atom. The SMILES string of the molecule is CC(=O)c1ccc(Sc2c(C)c(C)cc(C)c2C)cc1. The molecule has 0 atom stereocenters. The van der Waals surface area contributed by atoms with Crippen molar-refractivity contribution in [1.29, 1.82) is 0 Å². The topological polar surface area (TPSA) is 17.1 Å². The molecule has 0 saturated carbocycles. The van der Waals surface area contributed by atoms with E-state index in [1.165, 1.54) is 32.0 Å². The Morgan fingerprint density at radius 2 is 1.40 bits per heavy atom. The first-order valence-corrected chi connectivity index (χ1v) is 7.58. The van der Waals surface area contributed by atoms with E-state index in [1.54, 1.807) is 18.7 Å². The lowest BCUT2D eigenvalue weighted by atomic mass is 10.0. The average Bonchev–Trinajstić information content (AvgIpc) is 2.42. The Kier molecular flexibility index (Phi) is 4.34. The van der Waals surface area contributed by atoms with Gasteiger partial charge in [0.2, 0.25) is 0 Å². The third-order valence-electron chi connectivity index (χ3n) is 3.78. The van der Waals surface area contributed by atoms with Crippen molar-refractivity contribution in [2.75, 3.05) is 0 Å². The maximum Gasteiger partial charge on any atom is 0.159 e. The van der Waals surface area contributed by atoms with Crippen LogP contribution in [0.25, 0.3) is 0 Å². The van der Waals surface area contributed by atoms with E-state index in [4.69, 9.17) is 0 Å². The predicted octanol–water partition coefficient (Wildman–Crippen LogP) is 5.27. The van der Waals surface area contributed by atoms with Gasteiger partial charge in [0.05, 0.1) is 0 Å². The Balaban J connectivity index is 2.37. The summed E-state index contributed by atoms with van der Waals surface area (Å²) in [5.74, 6) is 0.111. The number of Topliss-reactive ketones (excluding diaryl/α,β-unsaturated/α-hetero) is 1. The third kappa shape index (κ3) is 2.96. The van der Waals surface area contributed by atoms with Crippen molar-refractivity contribution in [1.82, 2.24) is 0 Å². The Hall–Kier alpha value is -1.54. The highest BCUT2D eigenvalue weighted by molar-refractivity contribution is 7.99. The summed E-state index contributed by atoms with van der Waals surface area (Å²) < 4.78 is 0. The molecule has 0 aromatic heterocycles. The Bertz CT molecular complexity index is 628. The fraction of sp³-hybridized carbons (Fsp3) is 0.278. The molecule has 104 valence electrons. The van der Waals surface area contributed by atoms with Crippen molar-refractivity contribution in [3.05, 3.63) is 58.1 Å². The fourth-order valence-electron chi connectivity index (χ4n) is 2.21. The van der Waals surface area contributed by atoms with Gasteiger partial charge in [0, 0.05) is 15.4 Å². The molecule has 0 unspecified atom stereocenters. The first-order chi connectivity index (χ1) is 9.40. The highest BCUT2D eigenvalue weighted by Gasteiger charge is 2.10. The van der Waals surface area contributed by atoms with Crippen LogP contribution in [-0.4, -0.2) is 5.78 Å². The molecule has 0 radical (unpaired) electrons. The summed E-state index contributed by atoms with van der Waals surface area (Å²) in [5.41, 5.74) is 6.11. The fourth-order valence-corrected chi connectivity index (χ4v) is 3.35. The molecule has 0 spiro atoms. The van der Waals surface area contributed by atoms with Crippen LogP contribution in [-0.2, 0) is 0 Å². The summed E-state index contributed by atoms with van der Waals surface area (Å²) in [6.07, 6.45) is 0. The van der Waals surface area contributed by atoms with Crippen LogP contribution in [0.15, 0.2) is 40.1 Å². The number of benzene rings is 2. The summed E-state index contributed by atoms with van der Waals surface area (Å²) in [4.78, 5) is 13.8. The molecule has 2 aromatic rings. The number of hydrogen-bond acceptors (Lipinski definition) is 2. The molecule has 0 aliphatic rings. The van der Waals surface area contributed by atoms with Gasteiger partial charge in [-0.25, -0.2) is 0 Å². The first kappa shape index (κ1) is 14.9. The van der Waals surface area contributed by atoms with E-state index in [0.29, 0.717) is 0 Å². The lowest BCUT2D eigenvalue weighted by Gasteiger charge is -2.14. The molecule has 2 aromatic carbocycles. The first-order valence-electron chi connectivity index (χ1n) is 6.76. The van der Waals surface area contributed by atoms with Gasteiger partial charge in [-0.05, 0) is 69.0 Å². The van der Waals surface area contributed by atoms with E-state index < -0.39 is 0 Å². The molecule has 1 nitrogen and oxygen atoms in total. The number of hydrogen-bond donors (Lipinski definition) is 0. The second-order valence-electron chi connectivity index (χ2n) is 5.27. The zero-order valence-corrected chi connectivity index (χ0v) is 13.5. The molecular formula is C18H20OS. The van der Waals surface area contributed by atoms with E-state index >= 15 is 0 Å². The molecule has 2 heteroatoms. The van der Waals surface area contributed by atoms with Crippen LogP contribution in [0.5, 0.6) is 0 Å². The monoisotopic (exact) mass is 284 g/mol. The van der Waals surface area contributed by atoms with Gasteiger partial charge in [-0.1, -0.05) is 30.0 Å². The summed E-state index contributed by atoms with van der Waals surface area (Å²) in [7, 11) is 0. The zero-order chi connectivity index (χ0) is 14.9. The van der Waals surface area contributed by atoms with Crippen LogP contribution in [0, 0.1) is 27.7 Å². The summed E-state index contributed by atoms with van der Waals surface area (Å²) in [6.45, 7) is 10.3. The predicted molar refractivity (Wildman–Crippen MR) is 86.0 cm³/mol. The van der Waals surface area contributed by atoms with E-state index in [1.807, 2.05) is 24.3 Å². The quantitative estimate of drug-likeness (QED) is 0.714. The third-order valence-corrected chi connectivity index (χ3v) is 5.10. The van der Waals surface area contributed by atoms with Gasteiger partial charge in [0.1, 0.15) is 0 Å². The van der Waals surface area contributed by atoms with Crippen molar-refractivity contribution in [3.63, 3.8) is 0 Å². The number of aryl methyl sites for hydroxylation is 2. The van der Waals surface area contributed by atoms with E-state index in [-0.39, 0.29) is 5.78 Å². The van der Waals surface area contributed by atoms with Gasteiger partial charge in [-0.3, -0.25) is 4.79 Å². The van der Waals surface area contributed by atoms with Crippen LogP contribution in [0.1, 0.15) is 39.5 Å². The van der Waals surface area contributed by atoms with Crippen molar-refractivity contribution >= 4 is 17.5 Å². The number of ketones is 1. The maximum atomic E-state index is 11.3. The molecule has 0 heterocycles. The second-order valence-corrected chi connectivity index (χ2v) is 6.36. The summed E-state index contributed by atoms with van der Waals surface area (Å²) >= 11 is 1.78. The number of rotatable bonds is 3. The lowest BCUT2D eigenvalue weighted by molar-refractivity contribution is 0.101. The molecule has 2 rings (SSSR count). The number of carbonyl (C=O) groups excluding carboxylic acids is 1. The highest BCUT2D eigenvalue weighted by atomic mass is 32.2. The van der Waals surface area contributed by atoms with Crippen molar-refractivity contribution < 1.29 is 4.79 Å². The smallest absolute Gasteiger partial charge is 0.159 e. The van der Waals surface area contributed by atoms with Gasteiger partial charge in [0.25, 0.3) is 0 Å². The van der Waals surface area contributed by atoms with Crippen molar-refractivity contribution in [3.8, 4) is 0 Å². The molecular weight excluding hydrogens is 264 g/mol. The zero-order valence-electron chi connectivity index (χ0n) is 12.7. The van der Waals surface area contributed by atoms with Gasteiger partial charge in [0.15, 0.2) is 5.78 Å². The average molecular weight is 284 g/mol. The van der Waals surface area contributed by atoms with Crippen LogP contribution in [0.2, 0.25) is 0 Å². The maximum absolute atomic E-state index is 11.3. The molecule has 0 amide bonds. The van der Waals surface area contributed by atoms with Gasteiger partial charge in [-0.2, -0.15) is 0 Å². The minimum absolute atomic E-state index is 0.111. The molecule has 0 saturated heterocycles. The summed E-state index contributed by atoms with van der Waals surface area (Å²) in [5, 5.41) is 0. The molecule has 0 aliphatic carbocycles. The lowest BCUT2D eigenvalue weighted by Crippen LogP contribution is -1.94. The van der Waals surface area contributed by atoms with Gasteiger partial charge in [-0.15, -0.1) is 0 Å². The van der Waals surface area contributed by atoms with Gasteiger partial charge < -0.3 is 0 Å². The van der Waals surface area contributed by atoms with Crippen molar-refractivity contribution in [2.24, 2.45) is 0 Å². The molecule has 0 fully saturated rings. The molecule has 0 aliphatic heterocycles. The minimum atomic E-state index is 0.111. The Morgan fingerprint density at radius 3 is 1.85 bits per heavy atom. The molecule has 0 N–H and O–H groups in total. The van der Waals surface area contributed by atoms with Crippen LogP contribution in [0.3, 0.4) is 0 Å². The number of carbonyl (C=O) groups is 1. The van der Waals surface area contributed by atoms with Crippen molar-refractivity contribution in [2.45, 2.75) is 44.4 Å². The Labute approximate surface area is 125 Å². The standard InChI is InChI=1S/C18H20OS/c1-11-10-12(2)14(4)18(13(11)3)20-17-8-6-16(7-9-17)15(5)19/h6-10H,1-5H3. The van der Waals surface area contributed by atoms with Crippen LogP contribution >= 0.6 is 11.8 Å². The van der Waals surface area contributed by atoms with Crippen LogP contribution < -0.4 is 0 Å². The van der Waals surface area contributed by atoms with E-state index in [0.717, 1.165) is 5.56 Å². The largest absolute Gasteiger partial charge is 0.295 e. The second kappa shape index (κ2) is 5.84. The van der Waals surface area contributed by atoms with E-state index in [9.17, 15) is 4.79 Å². The summed E-state index contributed by atoms with van der Waals surface area (Å²) in [6, 6.07) is 10.1. The van der Waals surface area contributed by atoms with Gasteiger partial charge >= 0.3 is 0 Å². The minimum Gasteiger partial charge on any atom is -0.295 e. The van der Waals surface area contributed by atoms with E-state index in [2.05, 4.69) is 33.8 Å².